The zero-order valence-electron chi connectivity index (χ0n) is 27.0. The van der Waals surface area contributed by atoms with Crippen LogP contribution >= 0.6 is 27.5 Å². The molecule has 1 spiro atoms. The predicted octanol–water partition coefficient (Wildman–Crippen LogP) is 4.80. The van der Waals surface area contributed by atoms with Crippen LogP contribution < -0.4 is 4.90 Å². The number of carbonyl (C=O) groups excluding carboxylic acids is 4. The molecule has 4 heterocycles. The minimum Gasteiger partial charge on any atom is -0.455 e. The maximum absolute atomic E-state index is 15.0. The lowest BCUT2D eigenvalue weighted by Crippen LogP contribution is -2.58. The summed E-state index contributed by atoms with van der Waals surface area (Å²) in [5.41, 5.74) is -0.405. The molecule has 0 saturated carbocycles. The SMILES string of the molecule is CC[C@@H](CO)N1C(=O)[C@@H]2[C@H]3C(=O)O[C@@H](c4ccccc4)[C@H](C)N(C)C(=O)CC/C=C\CN(c4ccccc4Cl)C(=O)[C@@H]1[C@]21C=C(Br)[C@H]3O1. The highest BCUT2D eigenvalue weighted by atomic mass is 79.9. The van der Waals surface area contributed by atoms with E-state index in [0.29, 0.717) is 33.6 Å². The molecule has 1 N–H and O–H groups in total. The van der Waals surface area contributed by atoms with Crippen LogP contribution in [0.25, 0.3) is 0 Å². The van der Waals surface area contributed by atoms with E-state index in [1.165, 1.54) is 9.80 Å². The van der Waals surface area contributed by atoms with Crippen molar-refractivity contribution < 1.29 is 33.8 Å². The monoisotopic (exact) mass is 739 g/mol. The molecule has 0 unspecified atom stereocenters. The van der Waals surface area contributed by atoms with Crippen molar-refractivity contribution in [3.63, 3.8) is 0 Å². The molecule has 0 aromatic heterocycles. The molecule has 3 amide bonds. The van der Waals surface area contributed by atoms with Crippen molar-refractivity contribution in [2.24, 2.45) is 11.8 Å². The summed E-state index contributed by atoms with van der Waals surface area (Å²) in [4.78, 5) is 61.9. The summed E-state index contributed by atoms with van der Waals surface area (Å²) in [6, 6.07) is 13.6. The fourth-order valence-electron chi connectivity index (χ4n) is 7.54. The van der Waals surface area contributed by atoms with Crippen LogP contribution in [-0.4, -0.2) is 88.6 Å². The Balaban J connectivity index is 1.51. The van der Waals surface area contributed by atoms with Gasteiger partial charge in [-0.3, -0.25) is 19.2 Å². The molecule has 0 aliphatic carbocycles. The molecule has 5 bridgehead atoms. The smallest absolute Gasteiger partial charge is 0.313 e. The molecule has 4 aliphatic heterocycles. The highest BCUT2D eigenvalue weighted by Crippen LogP contribution is 2.59. The van der Waals surface area contributed by atoms with Gasteiger partial charge in [-0.05, 0) is 43.5 Å². The number of halogens is 2. The molecule has 48 heavy (non-hydrogen) atoms. The van der Waals surface area contributed by atoms with Gasteiger partial charge in [-0.15, -0.1) is 0 Å². The van der Waals surface area contributed by atoms with E-state index in [0.717, 1.165) is 0 Å². The fraction of sp³-hybridized carbons (Fsp3) is 0.444. The lowest BCUT2D eigenvalue weighted by atomic mass is 9.74. The second-order valence-electron chi connectivity index (χ2n) is 12.7. The van der Waals surface area contributed by atoms with E-state index < -0.39 is 72.2 Å². The molecule has 2 saturated heterocycles. The van der Waals surface area contributed by atoms with Gasteiger partial charge in [0.2, 0.25) is 11.8 Å². The topological polar surface area (TPSA) is 117 Å². The lowest BCUT2D eigenvalue weighted by Gasteiger charge is -2.38. The molecule has 12 heteroatoms. The van der Waals surface area contributed by atoms with E-state index in [1.807, 2.05) is 50.3 Å². The Hall–Kier alpha value is -3.51. The third kappa shape index (κ3) is 5.68. The van der Waals surface area contributed by atoms with Gasteiger partial charge in [-0.2, -0.15) is 0 Å². The van der Waals surface area contributed by atoms with Gasteiger partial charge >= 0.3 is 5.97 Å². The first-order valence-electron chi connectivity index (χ1n) is 16.3. The molecule has 2 aromatic rings. The first-order chi connectivity index (χ1) is 23.0. The normalized spacial score (nSPS) is 32.3. The Bertz CT molecular complexity index is 1650. The highest BCUT2D eigenvalue weighted by molar-refractivity contribution is 9.11. The second-order valence-corrected chi connectivity index (χ2v) is 14.1. The summed E-state index contributed by atoms with van der Waals surface area (Å²) in [6.07, 6.45) is 4.61. The average molecular weight is 741 g/mol. The Labute approximate surface area is 293 Å². The van der Waals surface area contributed by atoms with Crippen LogP contribution in [0.4, 0.5) is 5.69 Å². The number of allylic oxidation sites excluding steroid dienone is 1. The van der Waals surface area contributed by atoms with E-state index in [1.54, 1.807) is 48.4 Å². The van der Waals surface area contributed by atoms with Crippen molar-refractivity contribution in [2.45, 2.75) is 69.0 Å². The first kappa shape index (κ1) is 34.4. The summed E-state index contributed by atoms with van der Waals surface area (Å²) >= 11 is 10.2. The van der Waals surface area contributed by atoms with Crippen molar-refractivity contribution in [1.82, 2.24) is 9.80 Å². The van der Waals surface area contributed by atoms with Crippen LogP contribution in [0.1, 0.15) is 44.8 Å². The van der Waals surface area contributed by atoms with E-state index in [-0.39, 0.29) is 18.9 Å². The number of nitrogens with zero attached hydrogens (tertiary/aromatic N) is 3. The van der Waals surface area contributed by atoms with Gasteiger partial charge in [0.15, 0.2) is 0 Å². The van der Waals surface area contributed by atoms with Crippen molar-refractivity contribution in [3.8, 4) is 0 Å². The molecule has 4 aliphatic rings. The van der Waals surface area contributed by atoms with Crippen LogP contribution in [0.5, 0.6) is 0 Å². The maximum Gasteiger partial charge on any atom is 0.313 e. The average Bonchev–Trinajstić information content (AvgIpc) is 3.68. The third-order valence-corrected chi connectivity index (χ3v) is 11.1. The largest absolute Gasteiger partial charge is 0.455 e. The van der Waals surface area contributed by atoms with E-state index >= 15 is 0 Å². The predicted molar refractivity (Wildman–Crippen MR) is 183 cm³/mol. The maximum atomic E-state index is 15.0. The van der Waals surface area contributed by atoms with Crippen LogP contribution in [0, 0.1) is 11.8 Å². The molecular formula is C36H39BrClN3O7. The number of hydrogen-bond donors (Lipinski definition) is 1. The molecular weight excluding hydrogens is 702 g/mol. The van der Waals surface area contributed by atoms with Gasteiger partial charge in [0, 0.05) is 24.5 Å². The Kier molecular flexibility index (Phi) is 9.86. The van der Waals surface area contributed by atoms with Crippen LogP contribution in [-0.2, 0) is 28.7 Å². The third-order valence-electron chi connectivity index (χ3n) is 10.1. The van der Waals surface area contributed by atoms with E-state index in [2.05, 4.69) is 15.9 Å². The molecule has 254 valence electrons. The Morgan fingerprint density at radius 1 is 1.02 bits per heavy atom. The van der Waals surface area contributed by atoms with Crippen molar-refractivity contribution in [3.05, 3.63) is 87.9 Å². The van der Waals surface area contributed by atoms with Crippen LogP contribution in [0.15, 0.2) is 77.3 Å². The number of carbonyl (C=O) groups is 4. The number of aliphatic hydroxyl groups excluding tert-OH is 1. The van der Waals surface area contributed by atoms with Gasteiger partial charge < -0.3 is 29.3 Å². The van der Waals surface area contributed by atoms with Gasteiger partial charge in [0.05, 0.1) is 35.3 Å². The van der Waals surface area contributed by atoms with Gasteiger partial charge in [-0.25, -0.2) is 0 Å². The minimum atomic E-state index is -1.53. The summed E-state index contributed by atoms with van der Waals surface area (Å²) < 4.78 is 13.4. The highest BCUT2D eigenvalue weighted by Gasteiger charge is 2.75. The summed E-state index contributed by atoms with van der Waals surface area (Å²) in [5, 5.41) is 10.8. The standard InChI is InChI=1S/C36H39BrClN3O7/c1-4-23(20-42)41-32-34(45)40(26-16-11-10-15-25(26)38)18-12-6-9-17-27(43)39(3)21(2)30(22-13-7-5-8-14-22)47-35(46)28-29(33(41)44)36(32)19-24(37)31(28)48-36/h5-8,10-16,19,21,23,28-32,42H,4,9,17-18,20H2,1-3H3/b12-6-/t21-,23-,28+,29-,30+,31+,32+,36-/m0/s1. The number of anilines is 1. The second kappa shape index (κ2) is 13.8. The van der Waals surface area contributed by atoms with Gasteiger partial charge in [-0.1, -0.05) is 89.1 Å². The molecule has 6 rings (SSSR count). The number of likely N-dealkylation sites (N-methyl/N-ethyl adjacent to an activating group) is 1. The number of cyclic esters (lactones) is 1. The number of benzene rings is 2. The van der Waals surface area contributed by atoms with Crippen molar-refractivity contribution >= 4 is 56.9 Å². The zero-order chi connectivity index (χ0) is 34.3. The molecule has 8 atom stereocenters. The van der Waals surface area contributed by atoms with E-state index in [9.17, 15) is 24.3 Å². The van der Waals surface area contributed by atoms with Crippen molar-refractivity contribution in [2.75, 3.05) is 25.1 Å². The number of aliphatic hydroxyl groups is 1. The zero-order valence-corrected chi connectivity index (χ0v) is 29.3. The van der Waals surface area contributed by atoms with Crippen LogP contribution in [0.2, 0.25) is 5.02 Å². The molecule has 2 aromatic carbocycles. The quantitative estimate of drug-likeness (QED) is 0.346. The summed E-state index contributed by atoms with van der Waals surface area (Å²) in [6.45, 7) is 3.35. The number of para-hydroxylation sites is 1. The number of fused-ring (bicyclic) bond motifs is 2. The number of likely N-dealkylation sites (tertiary alicyclic amines) is 1. The van der Waals surface area contributed by atoms with Gasteiger partial charge in [0.1, 0.15) is 29.8 Å². The fourth-order valence-corrected chi connectivity index (χ4v) is 8.51. The molecule has 0 radical (unpaired) electrons. The minimum absolute atomic E-state index is 0.0913. The number of ether oxygens (including phenoxy) is 2. The van der Waals surface area contributed by atoms with Crippen LogP contribution in [0.3, 0.4) is 0 Å². The molecule has 10 nitrogen and oxygen atoms in total. The van der Waals surface area contributed by atoms with Gasteiger partial charge in [0.25, 0.3) is 5.91 Å². The van der Waals surface area contributed by atoms with Crippen molar-refractivity contribution in [1.29, 1.82) is 0 Å². The molecule has 2 fully saturated rings. The number of esters is 1. The Morgan fingerprint density at radius 3 is 2.42 bits per heavy atom. The Morgan fingerprint density at radius 2 is 1.73 bits per heavy atom. The number of amides is 3. The number of hydrogen-bond acceptors (Lipinski definition) is 7. The van der Waals surface area contributed by atoms with E-state index in [4.69, 9.17) is 21.1 Å². The summed E-state index contributed by atoms with van der Waals surface area (Å²) in [7, 11) is 1.68. The lowest BCUT2D eigenvalue weighted by molar-refractivity contribution is -0.164. The number of rotatable bonds is 5. The first-order valence-corrected chi connectivity index (χ1v) is 17.4. The summed E-state index contributed by atoms with van der Waals surface area (Å²) in [5.74, 6) is -3.96.